The monoisotopic (exact) mass is 431 g/mol. The lowest BCUT2D eigenvalue weighted by Crippen LogP contribution is -2.29. The molecule has 0 aliphatic carbocycles. The molecule has 0 saturated heterocycles. The van der Waals surface area contributed by atoms with Gasteiger partial charge in [-0.25, -0.2) is 0 Å². The van der Waals surface area contributed by atoms with Gasteiger partial charge in [0.1, 0.15) is 5.58 Å². The minimum absolute atomic E-state index is 0.109. The summed E-state index contributed by atoms with van der Waals surface area (Å²) in [6.45, 7) is 0. The van der Waals surface area contributed by atoms with E-state index in [2.05, 4.69) is 15.9 Å². The summed E-state index contributed by atoms with van der Waals surface area (Å²) < 4.78 is 6.81. The number of hydrogen-bond acceptors (Lipinski definition) is 3. The molecular formula is C23H14BrNO3. The van der Waals surface area contributed by atoms with Gasteiger partial charge in [0.05, 0.1) is 17.0 Å². The highest BCUT2D eigenvalue weighted by Crippen LogP contribution is 2.41. The lowest BCUT2D eigenvalue weighted by atomic mass is 9.98. The quantitative estimate of drug-likeness (QED) is 0.432. The van der Waals surface area contributed by atoms with E-state index in [9.17, 15) is 9.59 Å². The Morgan fingerprint density at radius 2 is 1.61 bits per heavy atom. The summed E-state index contributed by atoms with van der Waals surface area (Å²) in [4.78, 5) is 28.3. The fourth-order valence-corrected chi connectivity index (χ4v) is 4.18. The largest absolute Gasteiger partial charge is 0.450 e. The van der Waals surface area contributed by atoms with E-state index in [0.717, 1.165) is 10.0 Å². The molecule has 1 aliphatic heterocycles. The smallest absolute Gasteiger partial charge is 0.295 e. The number of carbonyl (C=O) groups is 1. The number of rotatable bonds is 2. The number of carbonyl (C=O) groups excluding carboxylic acids is 1. The summed E-state index contributed by atoms with van der Waals surface area (Å²) in [5.41, 5.74) is 2.18. The van der Waals surface area contributed by atoms with Crippen molar-refractivity contribution < 1.29 is 9.21 Å². The van der Waals surface area contributed by atoms with E-state index in [1.807, 2.05) is 54.6 Å². The number of benzene rings is 3. The average molecular weight is 432 g/mol. The van der Waals surface area contributed by atoms with E-state index < -0.39 is 6.04 Å². The highest BCUT2D eigenvalue weighted by atomic mass is 79.9. The van der Waals surface area contributed by atoms with Crippen LogP contribution < -0.4 is 10.3 Å². The van der Waals surface area contributed by atoms with Gasteiger partial charge in [0.2, 0.25) is 5.76 Å². The molecule has 4 aromatic rings. The molecule has 5 rings (SSSR count). The predicted molar refractivity (Wildman–Crippen MR) is 112 cm³/mol. The summed E-state index contributed by atoms with van der Waals surface area (Å²) >= 11 is 3.49. The number of nitrogens with zero attached hydrogens (tertiary/aromatic N) is 1. The van der Waals surface area contributed by atoms with Gasteiger partial charge in [-0.15, -0.1) is 0 Å². The zero-order valence-electron chi connectivity index (χ0n) is 14.6. The van der Waals surface area contributed by atoms with Crippen LogP contribution in [0.5, 0.6) is 0 Å². The van der Waals surface area contributed by atoms with Crippen molar-refractivity contribution in [1.82, 2.24) is 0 Å². The molecule has 1 unspecified atom stereocenters. The standard InChI is InChI=1S/C23H14BrNO3/c24-15-8-6-7-14(13-15)20-19-21(26)17-11-4-5-12-18(17)28-22(19)23(27)25(20)16-9-2-1-3-10-16/h1-13,20H. The van der Waals surface area contributed by atoms with Crippen molar-refractivity contribution in [2.24, 2.45) is 0 Å². The Bertz CT molecular complexity index is 1280. The molecule has 28 heavy (non-hydrogen) atoms. The average Bonchev–Trinajstić information content (AvgIpc) is 3.02. The molecule has 3 aromatic carbocycles. The third-order valence-electron chi connectivity index (χ3n) is 4.98. The van der Waals surface area contributed by atoms with E-state index in [1.165, 1.54) is 0 Å². The summed E-state index contributed by atoms with van der Waals surface area (Å²) in [6.07, 6.45) is 0. The zero-order chi connectivity index (χ0) is 19.3. The van der Waals surface area contributed by atoms with Crippen LogP contribution in [0.3, 0.4) is 0 Å². The first-order chi connectivity index (χ1) is 13.6. The van der Waals surface area contributed by atoms with Crippen molar-refractivity contribution in [1.29, 1.82) is 0 Å². The van der Waals surface area contributed by atoms with Crippen LogP contribution in [0, 0.1) is 0 Å². The molecule has 1 atom stereocenters. The maximum Gasteiger partial charge on any atom is 0.295 e. The lowest BCUT2D eigenvalue weighted by molar-refractivity contribution is 0.0971. The maximum absolute atomic E-state index is 13.4. The molecule has 0 radical (unpaired) electrons. The minimum Gasteiger partial charge on any atom is -0.450 e. The van der Waals surface area contributed by atoms with Gasteiger partial charge in [-0.05, 0) is 42.0 Å². The van der Waals surface area contributed by atoms with Crippen LogP contribution in [0.4, 0.5) is 5.69 Å². The van der Waals surface area contributed by atoms with Crippen LogP contribution >= 0.6 is 15.9 Å². The van der Waals surface area contributed by atoms with Gasteiger partial charge < -0.3 is 4.42 Å². The Hall–Kier alpha value is -3.18. The number of hydrogen-bond donors (Lipinski definition) is 0. The molecule has 2 heterocycles. The van der Waals surface area contributed by atoms with Gasteiger partial charge in [-0.1, -0.05) is 58.4 Å². The molecule has 0 saturated carbocycles. The van der Waals surface area contributed by atoms with Gasteiger partial charge in [-0.3, -0.25) is 14.5 Å². The maximum atomic E-state index is 13.4. The van der Waals surface area contributed by atoms with E-state index in [4.69, 9.17) is 4.42 Å². The van der Waals surface area contributed by atoms with Crippen LogP contribution in [0.25, 0.3) is 11.0 Å². The summed E-state index contributed by atoms with van der Waals surface area (Å²) in [5.74, 6) is -0.202. The van der Waals surface area contributed by atoms with Crippen LogP contribution in [-0.4, -0.2) is 5.91 Å². The molecule has 1 amide bonds. The van der Waals surface area contributed by atoms with Crippen LogP contribution in [0.1, 0.15) is 27.7 Å². The molecule has 136 valence electrons. The van der Waals surface area contributed by atoms with Crippen molar-refractivity contribution in [3.63, 3.8) is 0 Å². The second-order valence-corrected chi connectivity index (χ2v) is 7.55. The minimum atomic E-state index is -0.553. The van der Waals surface area contributed by atoms with Crippen LogP contribution in [0.15, 0.2) is 92.5 Å². The number of para-hydroxylation sites is 2. The second-order valence-electron chi connectivity index (χ2n) is 6.64. The molecule has 0 spiro atoms. The Morgan fingerprint density at radius 1 is 0.857 bits per heavy atom. The van der Waals surface area contributed by atoms with Gasteiger partial charge in [0.15, 0.2) is 5.43 Å². The molecule has 0 fully saturated rings. The van der Waals surface area contributed by atoms with Gasteiger partial charge in [0.25, 0.3) is 5.91 Å². The van der Waals surface area contributed by atoms with E-state index in [0.29, 0.717) is 22.2 Å². The Labute approximate surface area is 169 Å². The Morgan fingerprint density at radius 3 is 2.39 bits per heavy atom. The van der Waals surface area contributed by atoms with Gasteiger partial charge in [0, 0.05) is 10.2 Å². The highest BCUT2D eigenvalue weighted by molar-refractivity contribution is 9.10. The number of amides is 1. The molecule has 5 heteroatoms. The first-order valence-electron chi connectivity index (χ1n) is 8.85. The highest BCUT2D eigenvalue weighted by Gasteiger charge is 2.43. The first kappa shape index (κ1) is 17.0. The normalized spacial score (nSPS) is 15.8. The van der Waals surface area contributed by atoms with Crippen molar-refractivity contribution in [2.45, 2.75) is 6.04 Å². The van der Waals surface area contributed by atoms with Gasteiger partial charge >= 0.3 is 0 Å². The summed E-state index contributed by atoms with van der Waals surface area (Å²) in [5, 5.41) is 0.476. The lowest BCUT2D eigenvalue weighted by Gasteiger charge is -2.25. The molecule has 0 N–H and O–H groups in total. The van der Waals surface area contributed by atoms with Crippen LogP contribution in [0.2, 0.25) is 0 Å². The fraction of sp³-hybridized carbons (Fsp3) is 0.0435. The zero-order valence-corrected chi connectivity index (χ0v) is 16.2. The van der Waals surface area contributed by atoms with Crippen molar-refractivity contribution in [3.05, 3.63) is 110 Å². The van der Waals surface area contributed by atoms with E-state index in [1.54, 1.807) is 29.2 Å². The number of halogens is 1. The van der Waals surface area contributed by atoms with E-state index >= 15 is 0 Å². The fourth-order valence-electron chi connectivity index (χ4n) is 3.77. The topological polar surface area (TPSA) is 50.5 Å². The van der Waals surface area contributed by atoms with Crippen molar-refractivity contribution >= 4 is 38.5 Å². The Balaban J connectivity index is 1.84. The van der Waals surface area contributed by atoms with Crippen LogP contribution in [-0.2, 0) is 0 Å². The Kier molecular flexibility index (Phi) is 3.91. The first-order valence-corrected chi connectivity index (χ1v) is 9.64. The SMILES string of the molecule is O=C1c2oc3ccccc3c(=O)c2C(c2cccc(Br)c2)N1c1ccccc1. The van der Waals surface area contributed by atoms with E-state index in [-0.39, 0.29) is 17.1 Å². The van der Waals surface area contributed by atoms with Gasteiger partial charge in [-0.2, -0.15) is 0 Å². The molecule has 4 nitrogen and oxygen atoms in total. The molecular weight excluding hydrogens is 418 g/mol. The molecule has 0 bridgehead atoms. The third-order valence-corrected chi connectivity index (χ3v) is 5.47. The summed E-state index contributed by atoms with van der Waals surface area (Å²) in [6, 6.07) is 23.5. The number of anilines is 1. The molecule has 1 aliphatic rings. The summed E-state index contributed by atoms with van der Waals surface area (Å²) in [7, 11) is 0. The predicted octanol–water partition coefficient (Wildman–Crippen LogP) is 5.31. The second kappa shape index (κ2) is 6.46. The molecule has 1 aromatic heterocycles. The van der Waals surface area contributed by atoms with Crippen molar-refractivity contribution in [2.75, 3.05) is 4.90 Å². The van der Waals surface area contributed by atoms with Crippen molar-refractivity contribution in [3.8, 4) is 0 Å². The third kappa shape index (κ3) is 2.51. The number of fused-ring (bicyclic) bond motifs is 2.